The van der Waals surface area contributed by atoms with Gasteiger partial charge in [-0.15, -0.1) is 10.2 Å². The highest BCUT2D eigenvalue weighted by atomic mass is 79.9. The number of benzene rings is 4. The quantitative estimate of drug-likeness (QED) is 0.160. The lowest BCUT2D eigenvalue weighted by Gasteiger charge is -2.10. The molecular formula is C26H20BrN5O3S2. The summed E-state index contributed by atoms with van der Waals surface area (Å²) in [4.78, 5) is -0.0138. The van der Waals surface area contributed by atoms with Crippen LogP contribution in [-0.2, 0) is 16.6 Å². The number of sulfonamides is 1. The van der Waals surface area contributed by atoms with E-state index in [1.165, 1.54) is 24.3 Å². The molecule has 11 heteroatoms. The fourth-order valence-corrected chi connectivity index (χ4v) is 5.16. The van der Waals surface area contributed by atoms with Gasteiger partial charge in [-0.25, -0.2) is 13.6 Å². The summed E-state index contributed by atoms with van der Waals surface area (Å²) in [5.41, 5.74) is 2.64. The number of azo groups is 1. The molecule has 0 spiro atoms. The van der Waals surface area contributed by atoms with Gasteiger partial charge in [-0.1, -0.05) is 58.4 Å². The van der Waals surface area contributed by atoms with Crippen LogP contribution in [0.15, 0.2) is 105 Å². The molecule has 1 heterocycles. The number of halogens is 1. The second-order valence-electron chi connectivity index (χ2n) is 8.26. The summed E-state index contributed by atoms with van der Waals surface area (Å²) in [7, 11) is -3.79. The van der Waals surface area contributed by atoms with Crippen LogP contribution in [-0.4, -0.2) is 23.2 Å². The third kappa shape index (κ3) is 5.25. The Hall–Kier alpha value is -3.64. The minimum atomic E-state index is -3.79. The van der Waals surface area contributed by atoms with Crippen LogP contribution in [0.4, 0.5) is 11.4 Å². The summed E-state index contributed by atoms with van der Waals surface area (Å²) in [6, 6.07) is 25.6. The van der Waals surface area contributed by atoms with Crippen molar-refractivity contribution >= 4 is 76.3 Å². The van der Waals surface area contributed by atoms with Gasteiger partial charge in [0.25, 0.3) is 0 Å². The number of aromatic hydroxyl groups is 1. The van der Waals surface area contributed by atoms with Gasteiger partial charge in [0.15, 0.2) is 5.69 Å². The first kappa shape index (κ1) is 25.0. The molecule has 0 aliphatic rings. The molecule has 4 aromatic carbocycles. The number of anilines is 1. The number of thiocarbonyl (C=S) groups is 1. The predicted molar refractivity (Wildman–Crippen MR) is 153 cm³/mol. The lowest BCUT2D eigenvalue weighted by atomic mass is 10.0. The molecular weight excluding hydrogens is 574 g/mol. The van der Waals surface area contributed by atoms with Crippen molar-refractivity contribution in [2.45, 2.75) is 11.4 Å². The first-order valence-electron chi connectivity index (χ1n) is 11.0. The third-order valence-electron chi connectivity index (χ3n) is 5.86. The van der Waals surface area contributed by atoms with Crippen LogP contribution in [0.25, 0.3) is 21.7 Å². The molecule has 0 aliphatic carbocycles. The van der Waals surface area contributed by atoms with Gasteiger partial charge in [0, 0.05) is 15.5 Å². The van der Waals surface area contributed by atoms with E-state index in [4.69, 9.17) is 17.4 Å². The maximum Gasteiger partial charge on any atom is 0.238 e. The van der Waals surface area contributed by atoms with Crippen molar-refractivity contribution in [1.82, 2.24) is 4.57 Å². The van der Waals surface area contributed by atoms with Crippen molar-refractivity contribution < 1.29 is 13.5 Å². The van der Waals surface area contributed by atoms with E-state index in [1.54, 1.807) is 4.57 Å². The summed E-state index contributed by atoms with van der Waals surface area (Å²) in [5.74, 6) is -0.0370. The maximum atomic E-state index is 11.4. The Bertz CT molecular complexity index is 1790. The van der Waals surface area contributed by atoms with Crippen LogP contribution >= 0.6 is 28.1 Å². The molecule has 0 saturated heterocycles. The van der Waals surface area contributed by atoms with E-state index in [0.717, 1.165) is 26.3 Å². The molecule has 0 aliphatic heterocycles. The Labute approximate surface area is 226 Å². The van der Waals surface area contributed by atoms with E-state index in [-0.39, 0.29) is 21.6 Å². The first-order chi connectivity index (χ1) is 17.7. The molecule has 8 nitrogen and oxygen atoms in total. The molecule has 5 aromatic rings. The third-order valence-corrected chi connectivity index (χ3v) is 7.46. The zero-order chi connectivity index (χ0) is 26.2. The van der Waals surface area contributed by atoms with Gasteiger partial charge in [-0.3, -0.25) is 0 Å². The molecule has 0 amide bonds. The Morgan fingerprint density at radius 3 is 2.49 bits per heavy atom. The monoisotopic (exact) mass is 593 g/mol. The number of hydrogen-bond donors (Lipinski definition) is 3. The number of primary sulfonamides is 1. The van der Waals surface area contributed by atoms with E-state index >= 15 is 0 Å². The van der Waals surface area contributed by atoms with Gasteiger partial charge >= 0.3 is 0 Å². The van der Waals surface area contributed by atoms with Gasteiger partial charge < -0.3 is 15.0 Å². The van der Waals surface area contributed by atoms with Crippen molar-refractivity contribution in [2.75, 3.05) is 5.32 Å². The summed E-state index contributed by atoms with van der Waals surface area (Å²) < 4.78 is 25.5. The van der Waals surface area contributed by atoms with Crippen molar-refractivity contribution in [2.24, 2.45) is 15.4 Å². The second kappa shape index (κ2) is 10.0. The molecule has 0 atom stereocenters. The van der Waals surface area contributed by atoms with Crippen LogP contribution in [0.2, 0.25) is 0 Å². The summed E-state index contributed by atoms with van der Waals surface area (Å²) in [6.07, 6.45) is 0. The number of nitrogens with zero attached hydrogens (tertiary/aromatic N) is 3. The minimum Gasteiger partial charge on any atom is -0.493 e. The average molecular weight is 595 g/mol. The lowest BCUT2D eigenvalue weighted by molar-refractivity contribution is 0.430. The van der Waals surface area contributed by atoms with Gasteiger partial charge in [0.1, 0.15) is 0 Å². The first-order valence-corrected chi connectivity index (χ1v) is 13.8. The average Bonchev–Trinajstić information content (AvgIpc) is 3.12. The Balaban J connectivity index is 1.47. The molecule has 0 bridgehead atoms. The molecule has 5 rings (SSSR count). The van der Waals surface area contributed by atoms with E-state index in [0.29, 0.717) is 17.6 Å². The number of fused-ring (bicyclic) bond motifs is 2. The Kier molecular flexibility index (Phi) is 6.78. The zero-order valence-corrected chi connectivity index (χ0v) is 22.4. The van der Waals surface area contributed by atoms with Crippen LogP contribution in [0, 0.1) is 0 Å². The highest BCUT2D eigenvalue weighted by molar-refractivity contribution is 9.10. The number of rotatable bonds is 5. The highest BCUT2D eigenvalue weighted by Gasteiger charge is 2.18. The summed E-state index contributed by atoms with van der Waals surface area (Å²) >= 11 is 8.78. The van der Waals surface area contributed by atoms with E-state index in [1.807, 2.05) is 42.5 Å². The fraction of sp³-hybridized carbons (Fsp3) is 0.0385. The van der Waals surface area contributed by atoms with Crippen molar-refractivity contribution in [3.05, 3.63) is 95.0 Å². The lowest BCUT2D eigenvalue weighted by Crippen LogP contribution is -2.12. The Morgan fingerprint density at radius 2 is 1.73 bits per heavy atom. The van der Waals surface area contributed by atoms with E-state index in [9.17, 15) is 13.5 Å². The smallest absolute Gasteiger partial charge is 0.238 e. The van der Waals surface area contributed by atoms with Crippen LogP contribution < -0.4 is 10.5 Å². The minimum absolute atomic E-state index is 0.0138. The molecule has 0 saturated carbocycles. The maximum absolute atomic E-state index is 11.4. The topological polar surface area (TPSA) is 122 Å². The van der Waals surface area contributed by atoms with Crippen LogP contribution in [0.5, 0.6) is 5.88 Å². The largest absolute Gasteiger partial charge is 0.493 e. The molecule has 0 unspecified atom stereocenters. The molecule has 4 N–H and O–H groups in total. The molecule has 37 heavy (non-hydrogen) atoms. The molecule has 0 radical (unpaired) electrons. The summed E-state index contributed by atoms with van der Waals surface area (Å²) in [5, 5.41) is 30.5. The van der Waals surface area contributed by atoms with Crippen LogP contribution in [0.3, 0.4) is 0 Å². The van der Waals surface area contributed by atoms with Gasteiger partial charge in [0.05, 0.1) is 17.0 Å². The predicted octanol–water partition coefficient (Wildman–Crippen LogP) is 6.44. The molecule has 186 valence electrons. The van der Waals surface area contributed by atoms with Crippen LogP contribution in [0.1, 0.15) is 5.56 Å². The summed E-state index contributed by atoms with van der Waals surface area (Å²) in [6.45, 7) is 0.430. The van der Waals surface area contributed by atoms with Crippen molar-refractivity contribution in [1.29, 1.82) is 0 Å². The Morgan fingerprint density at radius 1 is 1.00 bits per heavy atom. The van der Waals surface area contributed by atoms with E-state index in [2.05, 4.69) is 49.7 Å². The second-order valence-corrected chi connectivity index (χ2v) is 11.1. The number of hydrogen-bond acceptors (Lipinski definition) is 5. The SMILES string of the molecule is NS(=O)(=O)c1ccc(NC(=S)N=Nc2c(O)n(Cc3cccc4ccccc34)c3ccc(Br)cc23)cc1. The fourth-order valence-electron chi connectivity index (χ4n) is 4.13. The van der Waals surface area contributed by atoms with Crippen molar-refractivity contribution in [3.8, 4) is 5.88 Å². The van der Waals surface area contributed by atoms with E-state index < -0.39 is 10.0 Å². The number of nitrogens with one attached hydrogen (secondary N) is 1. The highest BCUT2D eigenvalue weighted by Crippen LogP contribution is 2.41. The van der Waals surface area contributed by atoms with Gasteiger partial charge in [-0.05, 0) is 71.0 Å². The number of nitrogens with two attached hydrogens (primary N) is 1. The molecule has 1 aromatic heterocycles. The number of aromatic nitrogens is 1. The van der Waals surface area contributed by atoms with Crippen molar-refractivity contribution in [3.63, 3.8) is 0 Å². The normalized spacial score (nSPS) is 11.9. The van der Waals surface area contributed by atoms with Gasteiger partial charge in [0.2, 0.25) is 21.0 Å². The van der Waals surface area contributed by atoms with Gasteiger partial charge in [-0.2, -0.15) is 0 Å². The zero-order valence-electron chi connectivity index (χ0n) is 19.2. The standard InChI is InChI=1S/C26H20BrN5O3S2/c27-18-8-13-23-22(14-18)24(30-31-26(36)29-19-9-11-20(12-10-19)37(28,34)35)25(33)32(23)15-17-6-3-5-16-4-1-2-7-21(16)17/h1-14,33H,15H2,(H,29,36)(H2,28,34,35). The molecule has 0 fully saturated rings.